The molecule has 0 amide bonds. The van der Waals surface area contributed by atoms with E-state index in [1.165, 1.54) is 0 Å². The van der Waals surface area contributed by atoms with Crippen molar-refractivity contribution in [1.29, 1.82) is 0 Å². The average Bonchev–Trinajstić information content (AvgIpc) is 2.75. The van der Waals surface area contributed by atoms with Crippen LogP contribution < -0.4 is 0 Å². The molecule has 0 aromatic rings. The molecule has 0 aromatic heterocycles. The fraction of sp³-hybridized carbons (Fsp3) is 0.731. The van der Waals surface area contributed by atoms with Gasteiger partial charge in [0, 0.05) is 20.6 Å². The van der Waals surface area contributed by atoms with E-state index in [-0.39, 0.29) is 30.4 Å². The van der Waals surface area contributed by atoms with Crippen molar-refractivity contribution in [3.63, 3.8) is 0 Å². The molecular weight excluding hydrogens is 500 g/mol. The number of halogens is 1. The van der Waals surface area contributed by atoms with Crippen LogP contribution in [0.25, 0.3) is 0 Å². The smallest absolute Gasteiger partial charge is 0.308 e. The summed E-state index contributed by atoms with van der Waals surface area (Å²) in [7, 11) is 1.16. The van der Waals surface area contributed by atoms with Gasteiger partial charge in [-0.15, -0.1) is 0 Å². The highest BCUT2D eigenvalue weighted by atomic mass is 79.9. The number of carbonyl (C=O) groups excluding carboxylic acids is 1. The molecular formula is C26H45BrO5Si. The SMILES string of the molecule is CO[C@H]1CC(=O)O[C@@H]([C@@H](/C=C(C)/C=C/[C@@H](C/C=C\Br)OC)O[Si](C(C)C)(C(C)C)C(C)C)C1. The predicted octanol–water partition coefficient (Wildman–Crippen LogP) is 7.08. The first-order valence-electron chi connectivity index (χ1n) is 12.1. The van der Waals surface area contributed by atoms with Crippen molar-refractivity contribution in [3.05, 3.63) is 34.9 Å². The summed E-state index contributed by atoms with van der Waals surface area (Å²) >= 11 is 3.31. The van der Waals surface area contributed by atoms with Gasteiger partial charge in [0.25, 0.3) is 0 Å². The van der Waals surface area contributed by atoms with Crippen molar-refractivity contribution < 1.29 is 23.4 Å². The summed E-state index contributed by atoms with van der Waals surface area (Å²) in [4.78, 5) is 14.2. The molecule has 5 nitrogen and oxygen atoms in total. The number of methoxy groups -OCH3 is 2. The molecule has 0 saturated carbocycles. The molecule has 1 aliphatic rings. The Bertz CT molecular complexity index is 664. The molecule has 190 valence electrons. The maximum Gasteiger partial charge on any atom is 0.308 e. The number of cyclic esters (lactones) is 1. The van der Waals surface area contributed by atoms with Crippen LogP contribution in [-0.4, -0.2) is 52.9 Å². The summed E-state index contributed by atoms with van der Waals surface area (Å²) in [5.74, 6) is -0.222. The van der Waals surface area contributed by atoms with Crippen molar-refractivity contribution in [1.82, 2.24) is 0 Å². The maximum atomic E-state index is 12.3. The van der Waals surface area contributed by atoms with Crippen LogP contribution in [0.15, 0.2) is 34.9 Å². The highest BCUT2D eigenvalue weighted by Crippen LogP contribution is 2.44. The molecule has 7 heteroatoms. The van der Waals surface area contributed by atoms with Gasteiger partial charge in [-0.1, -0.05) is 87.3 Å². The first kappa shape index (κ1) is 30.3. The standard InChI is InChI=1S/C26H45BrO5Si/c1-18(2)33(19(3)4,20(5)6)32-25(24-16-23(30-9)17-26(28)31-24)15-21(7)12-13-22(29-8)11-10-14-27/h10,12-15,18-20,22-25H,11,16-17H2,1-9H3/b13-12+,14-10-,21-15+/t22-,23-,24-,25-/m1/s1. The van der Waals surface area contributed by atoms with Crippen LogP contribution in [0.4, 0.5) is 0 Å². The van der Waals surface area contributed by atoms with Gasteiger partial charge in [0.15, 0.2) is 0 Å². The topological polar surface area (TPSA) is 54.0 Å². The zero-order valence-corrected chi connectivity index (χ0v) is 24.6. The van der Waals surface area contributed by atoms with Gasteiger partial charge in [0.1, 0.15) is 12.2 Å². The number of carbonyl (C=O) groups is 1. The molecule has 33 heavy (non-hydrogen) atoms. The van der Waals surface area contributed by atoms with Crippen LogP contribution in [0, 0.1) is 0 Å². The first-order chi connectivity index (χ1) is 15.5. The maximum absolute atomic E-state index is 12.3. The van der Waals surface area contributed by atoms with Crippen molar-refractivity contribution in [2.75, 3.05) is 14.2 Å². The molecule has 1 saturated heterocycles. The first-order valence-corrected chi connectivity index (χ1v) is 15.1. The summed E-state index contributed by atoms with van der Waals surface area (Å²) in [6.45, 7) is 15.7. The Balaban J connectivity index is 3.34. The van der Waals surface area contributed by atoms with E-state index >= 15 is 0 Å². The van der Waals surface area contributed by atoms with E-state index in [0.717, 1.165) is 12.0 Å². The third kappa shape index (κ3) is 8.77. The van der Waals surface area contributed by atoms with Gasteiger partial charge in [-0.25, -0.2) is 0 Å². The normalized spacial score (nSPS) is 22.7. The lowest BCUT2D eigenvalue weighted by Crippen LogP contribution is -2.53. The average molecular weight is 546 g/mol. The molecule has 1 rings (SSSR count). The zero-order chi connectivity index (χ0) is 25.2. The summed E-state index contributed by atoms with van der Waals surface area (Å²) in [5, 5.41) is 0. The van der Waals surface area contributed by atoms with Crippen molar-refractivity contribution in [2.45, 2.75) is 109 Å². The lowest BCUT2D eigenvalue weighted by atomic mass is 9.99. The third-order valence-corrected chi connectivity index (χ3v) is 13.1. The minimum Gasteiger partial charge on any atom is -0.459 e. The summed E-state index contributed by atoms with van der Waals surface area (Å²) < 4.78 is 24.0. The van der Waals surface area contributed by atoms with Crippen LogP contribution in [0.2, 0.25) is 16.6 Å². The van der Waals surface area contributed by atoms with E-state index in [0.29, 0.717) is 29.5 Å². The molecule has 0 spiro atoms. The van der Waals surface area contributed by atoms with E-state index in [4.69, 9.17) is 18.6 Å². The number of hydrogen-bond acceptors (Lipinski definition) is 5. The van der Waals surface area contributed by atoms with E-state index in [1.807, 2.05) is 11.1 Å². The molecule has 1 heterocycles. The van der Waals surface area contributed by atoms with Gasteiger partial charge >= 0.3 is 5.97 Å². The zero-order valence-electron chi connectivity index (χ0n) is 22.0. The Kier molecular flexibility index (Phi) is 13.4. The molecule has 0 bridgehead atoms. The van der Waals surface area contributed by atoms with E-state index in [2.05, 4.69) is 82.6 Å². The molecule has 1 fully saturated rings. The lowest BCUT2D eigenvalue weighted by Gasteiger charge is -2.46. The monoisotopic (exact) mass is 544 g/mol. The fourth-order valence-electron chi connectivity index (χ4n) is 5.05. The van der Waals surface area contributed by atoms with E-state index < -0.39 is 8.32 Å². The van der Waals surface area contributed by atoms with Crippen molar-refractivity contribution in [2.24, 2.45) is 0 Å². The molecule has 0 aromatic carbocycles. The molecule has 0 unspecified atom stereocenters. The van der Waals surface area contributed by atoms with Crippen molar-refractivity contribution in [3.8, 4) is 0 Å². The highest BCUT2D eigenvalue weighted by Gasteiger charge is 2.48. The molecule has 1 aliphatic heterocycles. The van der Waals surface area contributed by atoms with E-state index in [9.17, 15) is 4.79 Å². The van der Waals surface area contributed by atoms with Gasteiger partial charge in [-0.2, -0.15) is 0 Å². The second-order valence-electron chi connectivity index (χ2n) is 9.87. The number of allylic oxidation sites excluding steroid dienone is 2. The van der Waals surface area contributed by atoms with Crippen molar-refractivity contribution >= 4 is 30.2 Å². The summed E-state index contributed by atoms with van der Waals surface area (Å²) in [5.41, 5.74) is 2.33. The quantitative estimate of drug-likeness (QED) is 0.141. The van der Waals surface area contributed by atoms with E-state index in [1.54, 1.807) is 14.2 Å². The number of ether oxygens (including phenoxy) is 3. The van der Waals surface area contributed by atoms with Crippen LogP contribution in [0.1, 0.15) is 67.7 Å². The Morgan fingerprint density at radius 2 is 1.76 bits per heavy atom. The number of esters is 1. The van der Waals surface area contributed by atoms with Gasteiger partial charge in [0.05, 0.1) is 18.6 Å². The predicted molar refractivity (Wildman–Crippen MR) is 142 cm³/mol. The highest BCUT2D eigenvalue weighted by molar-refractivity contribution is 9.11. The van der Waals surface area contributed by atoms with Gasteiger partial charge in [-0.3, -0.25) is 4.79 Å². The van der Waals surface area contributed by atoms with Gasteiger partial charge in [-0.05, 0) is 35.0 Å². The van der Waals surface area contributed by atoms with Crippen LogP contribution in [0.5, 0.6) is 0 Å². The largest absolute Gasteiger partial charge is 0.459 e. The summed E-state index contributed by atoms with van der Waals surface area (Å²) in [6.07, 6.45) is 9.12. The molecule has 0 radical (unpaired) electrons. The Labute approximate surface area is 211 Å². The minimum atomic E-state index is -2.20. The molecule has 0 aliphatic carbocycles. The Hall–Kier alpha value is -0.733. The molecule has 4 atom stereocenters. The minimum absolute atomic E-state index is 0.0117. The number of rotatable bonds is 13. The Morgan fingerprint density at radius 1 is 1.15 bits per heavy atom. The summed E-state index contributed by atoms with van der Waals surface area (Å²) in [6, 6.07) is 0. The second-order valence-corrected chi connectivity index (χ2v) is 15.8. The second kappa shape index (κ2) is 14.6. The third-order valence-electron chi connectivity index (χ3n) is 6.68. The lowest BCUT2D eigenvalue weighted by molar-refractivity contribution is -0.167. The van der Waals surface area contributed by atoms with Crippen LogP contribution in [-0.2, 0) is 23.4 Å². The number of hydrogen-bond donors (Lipinski definition) is 0. The van der Waals surface area contributed by atoms with Crippen LogP contribution in [0.3, 0.4) is 0 Å². The van der Waals surface area contributed by atoms with Gasteiger partial charge in [0.2, 0.25) is 8.32 Å². The van der Waals surface area contributed by atoms with Crippen LogP contribution >= 0.6 is 15.9 Å². The molecule has 0 N–H and O–H groups in total. The van der Waals surface area contributed by atoms with Gasteiger partial charge < -0.3 is 18.6 Å². The Morgan fingerprint density at radius 3 is 2.24 bits per heavy atom. The fourth-order valence-corrected chi connectivity index (χ4v) is 10.8.